The number of sulfonamides is 1. The van der Waals surface area contributed by atoms with Crippen LogP contribution in [0.5, 0.6) is 0 Å². The number of carbonyl (C=O) groups excluding carboxylic acids is 1. The predicted octanol–water partition coefficient (Wildman–Crippen LogP) is 2.92. The number of benzene rings is 1. The van der Waals surface area contributed by atoms with Crippen LogP contribution in [0, 0.1) is 5.92 Å². The van der Waals surface area contributed by atoms with Gasteiger partial charge in [0.05, 0.1) is 4.90 Å². The summed E-state index contributed by atoms with van der Waals surface area (Å²) in [5.74, 6) is 1.14. The second kappa shape index (κ2) is 9.99. The Morgan fingerprint density at radius 2 is 2.00 bits per heavy atom. The fourth-order valence-electron chi connectivity index (χ4n) is 4.46. The van der Waals surface area contributed by atoms with Crippen LogP contribution in [-0.2, 0) is 34.1 Å². The van der Waals surface area contributed by atoms with Gasteiger partial charge in [0.15, 0.2) is 5.82 Å². The second-order valence-electron chi connectivity index (χ2n) is 10.6. The van der Waals surface area contributed by atoms with E-state index in [0.717, 1.165) is 30.7 Å². The van der Waals surface area contributed by atoms with Crippen molar-refractivity contribution >= 4 is 16.1 Å². The van der Waals surface area contributed by atoms with Crippen molar-refractivity contribution < 1.29 is 17.9 Å². The van der Waals surface area contributed by atoms with Gasteiger partial charge in [-0.25, -0.2) is 23.0 Å². The maximum Gasteiger partial charge on any atom is 0.410 e. The molecule has 2 aromatic rings. The lowest BCUT2D eigenvalue weighted by Crippen LogP contribution is -2.45. The van der Waals surface area contributed by atoms with Gasteiger partial charge in [-0.15, -0.1) is 5.10 Å². The number of ether oxygens (including phenoxy) is 1. The summed E-state index contributed by atoms with van der Waals surface area (Å²) in [6.45, 7) is 11.2. The van der Waals surface area contributed by atoms with Gasteiger partial charge in [-0.1, -0.05) is 12.1 Å². The summed E-state index contributed by atoms with van der Waals surface area (Å²) in [6, 6.07) is 6.61. The molecule has 1 aliphatic heterocycles. The Kier molecular flexibility index (Phi) is 7.66. The van der Waals surface area contributed by atoms with Crippen molar-refractivity contribution in [3.63, 3.8) is 0 Å². The number of likely N-dealkylation sites (tertiary alicyclic amines) is 1. The first-order valence-corrected chi connectivity index (χ1v) is 13.2. The third-order valence-electron chi connectivity index (χ3n) is 6.03. The molecule has 10 nitrogen and oxygen atoms in total. The zero-order valence-corrected chi connectivity index (χ0v) is 21.5. The largest absolute Gasteiger partial charge is 0.444 e. The molecule has 1 aromatic carbocycles. The number of aryl methyl sites for hydroxylation is 3. The first kappa shape index (κ1) is 26.1. The first-order chi connectivity index (χ1) is 15.7. The van der Waals surface area contributed by atoms with Crippen LogP contribution in [0.4, 0.5) is 4.79 Å². The Bertz CT molecular complexity index is 1110. The van der Waals surface area contributed by atoms with Crippen LogP contribution >= 0.6 is 0 Å². The quantitative estimate of drug-likeness (QED) is 0.599. The van der Waals surface area contributed by atoms with E-state index < -0.39 is 15.6 Å². The van der Waals surface area contributed by atoms with E-state index in [4.69, 9.17) is 9.88 Å². The molecule has 0 radical (unpaired) electrons. The van der Waals surface area contributed by atoms with Crippen LogP contribution in [-0.4, -0.2) is 57.3 Å². The molecule has 0 aliphatic carbocycles. The molecule has 0 bridgehead atoms. The lowest BCUT2D eigenvalue weighted by Gasteiger charge is -2.33. The Morgan fingerprint density at radius 1 is 1.26 bits per heavy atom. The maximum atomic E-state index is 12.6. The van der Waals surface area contributed by atoms with Gasteiger partial charge in [0.2, 0.25) is 10.0 Å². The Labute approximate surface area is 201 Å². The maximum absolute atomic E-state index is 12.6. The van der Waals surface area contributed by atoms with Crippen molar-refractivity contribution in [2.24, 2.45) is 11.1 Å². The van der Waals surface area contributed by atoms with Gasteiger partial charge >= 0.3 is 6.09 Å². The smallest absolute Gasteiger partial charge is 0.410 e. The summed E-state index contributed by atoms with van der Waals surface area (Å²) in [5.41, 5.74) is 0.108. The highest BCUT2D eigenvalue weighted by Crippen LogP contribution is 2.36. The van der Waals surface area contributed by atoms with Crippen molar-refractivity contribution in [1.82, 2.24) is 25.1 Å². The van der Waals surface area contributed by atoms with Crippen molar-refractivity contribution in [2.45, 2.75) is 89.3 Å². The average Bonchev–Trinajstić information content (AvgIpc) is 3.27. The first-order valence-electron chi connectivity index (χ1n) is 11.6. The summed E-state index contributed by atoms with van der Waals surface area (Å²) in [5, 5.41) is 17.3. The number of nitrogens with two attached hydrogens (primary N) is 1. The van der Waals surface area contributed by atoms with E-state index in [1.165, 1.54) is 6.07 Å². The molecule has 0 saturated carbocycles. The number of hydrogen-bond acceptors (Lipinski definition) is 7. The third kappa shape index (κ3) is 6.99. The predicted molar refractivity (Wildman–Crippen MR) is 127 cm³/mol. The van der Waals surface area contributed by atoms with Gasteiger partial charge in [-0.2, -0.15) is 0 Å². The highest BCUT2D eigenvalue weighted by molar-refractivity contribution is 7.89. The van der Waals surface area contributed by atoms with E-state index in [1.807, 2.05) is 31.7 Å². The fourth-order valence-corrected chi connectivity index (χ4v) is 5.04. The summed E-state index contributed by atoms with van der Waals surface area (Å²) in [7, 11) is -3.73. The van der Waals surface area contributed by atoms with E-state index >= 15 is 0 Å². The van der Waals surface area contributed by atoms with Crippen LogP contribution in [0.3, 0.4) is 0 Å². The molecule has 0 unspecified atom stereocenters. The average molecular weight is 493 g/mol. The molecule has 2 N–H and O–H groups in total. The number of carbonyl (C=O) groups is 1. The summed E-state index contributed by atoms with van der Waals surface area (Å²) >= 11 is 0. The minimum Gasteiger partial charge on any atom is -0.444 e. The van der Waals surface area contributed by atoms with Crippen molar-refractivity contribution in [3.05, 3.63) is 35.7 Å². The molecular weight excluding hydrogens is 456 g/mol. The van der Waals surface area contributed by atoms with Gasteiger partial charge in [0.25, 0.3) is 0 Å². The van der Waals surface area contributed by atoms with Crippen molar-refractivity contribution in [2.75, 3.05) is 6.54 Å². The molecule has 1 atom stereocenters. The lowest BCUT2D eigenvalue weighted by molar-refractivity contribution is 0.0130. The van der Waals surface area contributed by atoms with Gasteiger partial charge in [-0.3, -0.25) is 0 Å². The zero-order chi connectivity index (χ0) is 25.1. The van der Waals surface area contributed by atoms with Crippen molar-refractivity contribution in [1.29, 1.82) is 0 Å². The van der Waals surface area contributed by atoms with Crippen molar-refractivity contribution in [3.8, 4) is 0 Å². The van der Waals surface area contributed by atoms with E-state index in [9.17, 15) is 13.2 Å². The number of nitrogens with zero attached hydrogens (tertiary/aromatic N) is 5. The van der Waals surface area contributed by atoms with Gasteiger partial charge in [-0.05, 0) is 94.3 Å². The fraction of sp³-hybridized carbons (Fsp3) is 0.652. The molecule has 3 rings (SSSR count). The molecule has 11 heteroatoms. The van der Waals surface area contributed by atoms with Crippen LogP contribution in [0.2, 0.25) is 0 Å². The monoisotopic (exact) mass is 492 g/mol. The molecule has 1 aromatic heterocycles. The molecule has 1 amide bonds. The number of rotatable bonds is 8. The molecule has 0 spiro atoms. The molecule has 2 heterocycles. The molecule has 1 fully saturated rings. The van der Waals surface area contributed by atoms with Crippen LogP contribution in [0.1, 0.15) is 65.3 Å². The number of amides is 1. The third-order valence-corrected chi connectivity index (χ3v) is 6.94. The number of hydrogen-bond donors (Lipinski definition) is 1. The Morgan fingerprint density at radius 3 is 2.68 bits per heavy atom. The highest BCUT2D eigenvalue weighted by Gasteiger charge is 2.42. The minimum absolute atomic E-state index is 0.101. The number of aromatic nitrogens is 4. The standard InChI is InChI=1S/C23H36N6O4S/c1-22(2,3)33-21(30)28-16-18(15-23(28,4)5)9-7-13-29-20(25-26-27-29)12-11-17-8-6-10-19(14-17)34(24,31)32/h6,8,10,14,18H,7,9,11-13,15-16H2,1-5H3,(H2,24,31,32)/t18-/m0/s1. The SMILES string of the molecule is CC(C)(C)OC(=O)N1C[C@@H](CCCn2nnnc2CCc2cccc(S(N)(=O)=O)c2)CC1(C)C. The van der Waals surface area contributed by atoms with Crippen LogP contribution in [0.25, 0.3) is 0 Å². The normalized spacial score (nSPS) is 18.3. The van der Waals surface area contributed by atoms with E-state index in [-0.39, 0.29) is 16.5 Å². The van der Waals surface area contributed by atoms with Gasteiger partial charge in [0.1, 0.15) is 5.60 Å². The second-order valence-corrected chi connectivity index (χ2v) is 12.2. The Balaban J connectivity index is 1.52. The molecular formula is C23H36N6O4S. The molecule has 34 heavy (non-hydrogen) atoms. The van der Waals surface area contributed by atoms with E-state index in [1.54, 1.807) is 16.8 Å². The summed E-state index contributed by atoms with van der Waals surface area (Å²) in [6.07, 6.45) is 3.71. The van der Waals surface area contributed by atoms with Gasteiger partial charge in [0, 0.05) is 25.0 Å². The zero-order valence-electron chi connectivity index (χ0n) is 20.7. The highest BCUT2D eigenvalue weighted by atomic mass is 32.2. The van der Waals surface area contributed by atoms with E-state index in [2.05, 4.69) is 29.4 Å². The lowest BCUT2D eigenvalue weighted by atomic mass is 9.93. The van der Waals surface area contributed by atoms with Crippen LogP contribution in [0.15, 0.2) is 29.2 Å². The summed E-state index contributed by atoms with van der Waals surface area (Å²) in [4.78, 5) is 14.6. The Hall–Kier alpha value is -2.53. The van der Waals surface area contributed by atoms with E-state index in [0.29, 0.717) is 31.8 Å². The topological polar surface area (TPSA) is 133 Å². The summed E-state index contributed by atoms with van der Waals surface area (Å²) < 4.78 is 30.5. The molecule has 1 saturated heterocycles. The number of primary sulfonamides is 1. The molecule has 188 valence electrons. The minimum atomic E-state index is -3.73. The molecule has 1 aliphatic rings. The number of tetrazole rings is 1. The van der Waals surface area contributed by atoms with Gasteiger partial charge < -0.3 is 9.64 Å². The van der Waals surface area contributed by atoms with Crippen LogP contribution < -0.4 is 5.14 Å².